The van der Waals surface area contributed by atoms with E-state index in [0.29, 0.717) is 23.5 Å². The molecule has 7 nitrogen and oxygen atoms in total. The van der Waals surface area contributed by atoms with Crippen LogP contribution in [-0.4, -0.2) is 52.1 Å². The first-order valence-corrected chi connectivity index (χ1v) is 10.0. The van der Waals surface area contributed by atoms with Gasteiger partial charge in [0.25, 0.3) is 11.8 Å². The molecule has 0 fully saturated rings. The van der Waals surface area contributed by atoms with Gasteiger partial charge in [-0.05, 0) is 49.7 Å². The van der Waals surface area contributed by atoms with Crippen molar-refractivity contribution in [1.29, 1.82) is 0 Å². The molecule has 2 amide bonds. The maximum atomic E-state index is 13.2. The number of amides is 2. The van der Waals surface area contributed by atoms with E-state index in [1.165, 1.54) is 0 Å². The van der Waals surface area contributed by atoms with Crippen molar-refractivity contribution in [2.24, 2.45) is 0 Å². The highest BCUT2D eigenvalue weighted by molar-refractivity contribution is 6.08. The minimum Gasteiger partial charge on any atom is -0.345 e. The summed E-state index contributed by atoms with van der Waals surface area (Å²) in [6, 6.07) is 14.9. The van der Waals surface area contributed by atoms with E-state index in [2.05, 4.69) is 10.1 Å². The Labute approximate surface area is 175 Å². The van der Waals surface area contributed by atoms with Gasteiger partial charge in [-0.2, -0.15) is 5.10 Å². The minimum atomic E-state index is -0.192. The first-order chi connectivity index (χ1) is 14.4. The topological polar surface area (TPSA) is 71.3 Å². The standard InChI is InChI=1S/C23H25N5O2/c1-15(2)28-14-24-21(25-28)19-13-27(23(30)16-8-6-5-7-9-16)20-11-10-17(12-18(19)20)22(29)26(3)4/h5-12,14-15,19H,13H2,1-4H3/t19-/m0/s1. The van der Waals surface area contributed by atoms with E-state index in [0.717, 1.165) is 11.3 Å². The minimum absolute atomic E-state index is 0.0747. The number of carbonyl (C=O) groups excluding carboxylic acids is 2. The van der Waals surface area contributed by atoms with Crippen molar-refractivity contribution in [3.63, 3.8) is 0 Å². The molecule has 4 rings (SSSR count). The SMILES string of the molecule is CC(C)n1cnc([C@H]2CN(C(=O)c3ccccc3)c3ccc(C(=O)N(C)C)cc32)n1. The van der Waals surface area contributed by atoms with Crippen molar-refractivity contribution in [1.82, 2.24) is 19.7 Å². The Morgan fingerprint density at radius 1 is 1.07 bits per heavy atom. The highest BCUT2D eigenvalue weighted by Gasteiger charge is 2.36. The van der Waals surface area contributed by atoms with Crippen molar-refractivity contribution in [2.45, 2.75) is 25.8 Å². The number of rotatable bonds is 4. The molecule has 0 aliphatic carbocycles. The van der Waals surface area contributed by atoms with Crippen LogP contribution >= 0.6 is 0 Å². The number of anilines is 1. The van der Waals surface area contributed by atoms with Crippen LogP contribution < -0.4 is 4.90 Å². The number of benzene rings is 2. The number of aromatic nitrogens is 3. The average molecular weight is 403 g/mol. The fourth-order valence-corrected chi connectivity index (χ4v) is 3.70. The van der Waals surface area contributed by atoms with Gasteiger partial charge in [-0.3, -0.25) is 14.3 Å². The zero-order chi connectivity index (χ0) is 21.4. The third-order valence-electron chi connectivity index (χ3n) is 5.34. The first kappa shape index (κ1) is 19.8. The van der Waals surface area contributed by atoms with Gasteiger partial charge in [-0.15, -0.1) is 0 Å². The lowest BCUT2D eigenvalue weighted by Gasteiger charge is -2.18. The van der Waals surface area contributed by atoms with Crippen LogP contribution in [0.25, 0.3) is 0 Å². The highest BCUT2D eigenvalue weighted by Crippen LogP contribution is 2.40. The van der Waals surface area contributed by atoms with E-state index in [4.69, 9.17) is 0 Å². The summed E-state index contributed by atoms with van der Waals surface area (Å²) in [6.45, 7) is 4.52. The van der Waals surface area contributed by atoms with Crippen LogP contribution in [0.1, 0.15) is 57.9 Å². The lowest BCUT2D eigenvalue weighted by molar-refractivity contribution is 0.0827. The Kier molecular flexibility index (Phi) is 5.11. The molecule has 1 aromatic heterocycles. The summed E-state index contributed by atoms with van der Waals surface area (Å²) in [7, 11) is 3.45. The van der Waals surface area contributed by atoms with Gasteiger partial charge in [0.15, 0.2) is 5.82 Å². The largest absolute Gasteiger partial charge is 0.345 e. The number of hydrogen-bond donors (Lipinski definition) is 0. The molecule has 30 heavy (non-hydrogen) atoms. The average Bonchev–Trinajstić information content (AvgIpc) is 3.38. The fraction of sp³-hybridized carbons (Fsp3) is 0.304. The molecule has 0 radical (unpaired) electrons. The molecule has 0 saturated carbocycles. The predicted octanol–water partition coefficient (Wildman–Crippen LogP) is 3.35. The normalized spacial score (nSPS) is 15.4. The molecule has 0 unspecified atom stereocenters. The molecule has 0 spiro atoms. The third-order valence-corrected chi connectivity index (χ3v) is 5.34. The van der Waals surface area contributed by atoms with E-state index in [1.807, 2.05) is 61.0 Å². The zero-order valence-electron chi connectivity index (χ0n) is 17.6. The molecule has 0 saturated heterocycles. The van der Waals surface area contributed by atoms with Crippen LogP contribution in [0, 0.1) is 0 Å². The van der Waals surface area contributed by atoms with E-state index >= 15 is 0 Å². The van der Waals surface area contributed by atoms with Crippen LogP contribution in [0.2, 0.25) is 0 Å². The molecular weight excluding hydrogens is 378 g/mol. The quantitative estimate of drug-likeness (QED) is 0.670. The number of carbonyl (C=O) groups is 2. The van der Waals surface area contributed by atoms with Gasteiger partial charge in [-0.25, -0.2) is 4.98 Å². The lowest BCUT2D eigenvalue weighted by atomic mass is 9.98. The second-order valence-electron chi connectivity index (χ2n) is 7.98. The molecular formula is C23H25N5O2. The van der Waals surface area contributed by atoms with Crippen LogP contribution in [0.3, 0.4) is 0 Å². The summed E-state index contributed by atoms with van der Waals surface area (Å²) in [4.78, 5) is 33.6. The summed E-state index contributed by atoms with van der Waals surface area (Å²) in [6.07, 6.45) is 1.72. The number of nitrogens with zero attached hydrogens (tertiary/aromatic N) is 5. The molecule has 1 aliphatic rings. The summed E-state index contributed by atoms with van der Waals surface area (Å²) >= 11 is 0. The highest BCUT2D eigenvalue weighted by atomic mass is 16.2. The molecule has 3 aromatic rings. The maximum Gasteiger partial charge on any atom is 0.258 e. The van der Waals surface area contributed by atoms with Crippen molar-refractivity contribution in [3.05, 3.63) is 77.4 Å². The summed E-state index contributed by atoms with van der Waals surface area (Å²) in [5.74, 6) is 0.310. The molecule has 1 aliphatic heterocycles. The summed E-state index contributed by atoms with van der Waals surface area (Å²) in [5.41, 5.74) is 2.90. The summed E-state index contributed by atoms with van der Waals surface area (Å²) in [5, 5.41) is 4.64. The van der Waals surface area contributed by atoms with Crippen LogP contribution in [0.15, 0.2) is 54.9 Å². The molecule has 2 heterocycles. The first-order valence-electron chi connectivity index (χ1n) is 10.0. The van der Waals surface area contributed by atoms with Crippen LogP contribution in [-0.2, 0) is 0 Å². The molecule has 0 N–H and O–H groups in total. The Bertz CT molecular complexity index is 1090. The van der Waals surface area contributed by atoms with E-state index in [1.54, 1.807) is 36.3 Å². The summed E-state index contributed by atoms with van der Waals surface area (Å²) < 4.78 is 1.81. The molecule has 7 heteroatoms. The molecule has 0 bridgehead atoms. The van der Waals surface area contributed by atoms with Gasteiger partial charge >= 0.3 is 0 Å². The molecule has 1 atom stereocenters. The molecule has 154 valence electrons. The smallest absolute Gasteiger partial charge is 0.258 e. The number of fused-ring (bicyclic) bond motifs is 1. The monoisotopic (exact) mass is 403 g/mol. The zero-order valence-corrected chi connectivity index (χ0v) is 17.6. The van der Waals surface area contributed by atoms with Crippen LogP contribution in [0.5, 0.6) is 0 Å². The van der Waals surface area contributed by atoms with E-state index in [-0.39, 0.29) is 23.8 Å². The Hall–Kier alpha value is -3.48. The second kappa shape index (κ2) is 7.74. The van der Waals surface area contributed by atoms with Crippen molar-refractivity contribution in [3.8, 4) is 0 Å². The number of hydrogen-bond acceptors (Lipinski definition) is 4. The van der Waals surface area contributed by atoms with E-state index < -0.39 is 0 Å². The van der Waals surface area contributed by atoms with Gasteiger partial charge in [0.05, 0.1) is 5.92 Å². The van der Waals surface area contributed by atoms with Crippen molar-refractivity contribution < 1.29 is 9.59 Å². The van der Waals surface area contributed by atoms with Gasteiger partial charge in [0, 0.05) is 43.5 Å². The molecule has 2 aromatic carbocycles. The van der Waals surface area contributed by atoms with Crippen molar-refractivity contribution in [2.75, 3.05) is 25.5 Å². The van der Waals surface area contributed by atoms with Crippen molar-refractivity contribution >= 4 is 17.5 Å². The Balaban J connectivity index is 1.78. The van der Waals surface area contributed by atoms with Gasteiger partial charge in [0.1, 0.15) is 6.33 Å². The van der Waals surface area contributed by atoms with Gasteiger partial charge < -0.3 is 9.80 Å². The maximum absolute atomic E-state index is 13.2. The Morgan fingerprint density at radius 3 is 2.43 bits per heavy atom. The Morgan fingerprint density at radius 2 is 1.80 bits per heavy atom. The van der Waals surface area contributed by atoms with E-state index in [9.17, 15) is 9.59 Å². The third kappa shape index (κ3) is 3.47. The lowest BCUT2D eigenvalue weighted by Crippen LogP contribution is -2.30. The predicted molar refractivity (Wildman–Crippen MR) is 115 cm³/mol. The van der Waals surface area contributed by atoms with Gasteiger partial charge in [-0.1, -0.05) is 18.2 Å². The second-order valence-corrected chi connectivity index (χ2v) is 7.98. The fourth-order valence-electron chi connectivity index (χ4n) is 3.70. The van der Waals surface area contributed by atoms with Gasteiger partial charge in [0.2, 0.25) is 0 Å². The van der Waals surface area contributed by atoms with Crippen LogP contribution in [0.4, 0.5) is 5.69 Å².